The Bertz CT molecular complexity index is 556. The van der Waals surface area contributed by atoms with Crippen LogP contribution in [0.25, 0.3) is 0 Å². The minimum absolute atomic E-state index is 0.0279. The first-order valence-corrected chi connectivity index (χ1v) is 4.80. The van der Waals surface area contributed by atoms with Crippen molar-refractivity contribution in [2.24, 2.45) is 5.16 Å². The number of oxime groups is 1. The summed E-state index contributed by atoms with van der Waals surface area (Å²) >= 11 is 0. The van der Waals surface area contributed by atoms with E-state index in [0.717, 1.165) is 12.1 Å². The SMILES string of the molecule is O/N=C(\c1ccncc1)c1ccc(F)cc1F. The van der Waals surface area contributed by atoms with Gasteiger partial charge in [0.2, 0.25) is 0 Å². The Balaban J connectivity index is 2.51. The number of hydrogen-bond donors (Lipinski definition) is 1. The van der Waals surface area contributed by atoms with Gasteiger partial charge in [0.25, 0.3) is 0 Å². The summed E-state index contributed by atoms with van der Waals surface area (Å²) in [5.41, 5.74) is 0.554. The van der Waals surface area contributed by atoms with Gasteiger partial charge in [0.15, 0.2) is 0 Å². The maximum absolute atomic E-state index is 13.5. The summed E-state index contributed by atoms with van der Waals surface area (Å²) in [7, 11) is 0. The standard InChI is InChI=1S/C12H8F2N2O/c13-9-1-2-10(11(14)7-9)12(16-17)8-3-5-15-6-4-8/h1-7,17H/b16-12+. The van der Waals surface area contributed by atoms with E-state index < -0.39 is 11.6 Å². The maximum Gasteiger partial charge on any atom is 0.135 e. The van der Waals surface area contributed by atoms with Crippen molar-refractivity contribution in [2.75, 3.05) is 0 Å². The first kappa shape index (κ1) is 11.2. The highest BCUT2D eigenvalue weighted by Crippen LogP contribution is 2.15. The van der Waals surface area contributed by atoms with Gasteiger partial charge in [-0.1, -0.05) is 5.16 Å². The topological polar surface area (TPSA) is 45.5 Å². The lowest BCUT2D eigenvalue weighted by Crippen LogP contribution is -2.06. The zero-order valence-electron chi connectivity index (χ0n) is 8.64. The van der Waals surface area contributed by atoms with Gasteiger partial charge in [-0.3, -0.25) is 4.98 Å². The van der Waals surface area contributed by atoms with Gasteiger partial charge in [-0.2, -0.15) is 0 Å². The van der Waals surface area contributed by atoms with E-state index in [1.807, 2.05) is 0 Å². The second-order valence-corrected chi connectivity index (χ2v) is 3.31. The van der Waals surface area contributed by atoms with Crippen LogP contribution in [0.2, 0.25) is 0 Å². The molecule has 17 heavy (non-hydrogen) atoms. The molecular weight excluding hydrogens is 226 g/mol. The summed E-state index contributed by atoms with van der Waals surface area (Å²) in [4.78, 5) is 3.80. The number of hydrogen-bond acceptors (Lipinski definition) is 3. The molecular formula is C12H8F2N2O. The maximum atomic E-state index is 13.5. The third-order valence-corrected chi connectivity index (χ3v) is 2.24. The van der Waals surface area contributed by atoms with Gasteiger partial charge in [0.1, 0.15) is 17.3 Å². The fourth-order valence-electron chi connectivity index (χ4n) is 1.46. The molecule has 86 valence electrons. The summed E-state index contributed by atoms with van der Waals surface area (Å²) in [5.74, 6) is -1.46. The molecule has 1 heterocycles. The zero-order valence-corrected chi connectivity index (χ0v) is 8.64. The number of pyridine rings is 1. The van der Waals surface area contributed by atoms with Gasteiger partial charge in [0, 0.05) is 29.6 Å². The molecule has 2 rings (SSSR count). The largest absolute Gasteiger partial charge is 0.410 e. The van der Waals surface area contributed by atoms with Crippen LogP contribution in [0.5, 0.6) is 0 Å². The lowest BCUT2D eigenvalue weighted by Gasteiger charge is -2.05. The lowest BCUT2D eigenvalue weighted by atomic mass is 10.0. The first-order valence-electron chi connectivity index (χ1n) is 4.80. The molecule has 1 N–H and O–H groups in total. The van der Waals surface area contributed by atoms with E-state index in [4.69, 9.17) is 5.21 Å². The van der Waals surface area contributed by atoms with Crippen molar-refractivity contribution in [3.63, 3.8) is 0 Å². The Morgan fingerprint density at radius 1 is 1.12 bits per heavy atom. The van der Waals surface area contributed by atoms with Crippen molar-refractivity contribution in [2.45, 2.75) is 0 Å². The highest BCUT2D eigenvalue weighted by atomic mass is 19.1. The van der Waals surface area contributed by atoms with E-state index >= 15 is 0 Å². The molecule has 5 heteroatoms. The first-order chi connectivity index (χ1) is 8.22. The van der Waals surface area contributed by atoms with Gasteiger partial charge in [0.05, 0.1) is 0 Å². The Labute approximate surface area is 96.0 Å². The number of aromatic nitrogens is 1. The van der Waals surface area contributed by atoms with Crippen molar-refractivity contribution in [3.8, 4) is 0 Å². The van der Waals surface area contributed by atoms with E-state index in [-0.39, 0.29) is 11.3 Å². The van der Waals surface area contributed by atoms with Crippen LogP contribution in [0, 0.1) is 11.6 Å². The van der Waals surface area contributed by atoms with Crippen LogP contribution in [-0.2, 0) is 0 Å². The molecule has 2 aromatic rings. The van der Waals surface area contributed by atoms with Crippen LogP contribution in [0.4, 0.5) is 8.78 Å². The van der Waals surface area contributed by atoms with Gasteiger partial charge in [-0.15, -0.1) is 0 Å². The average Bonchev–Trinajstić information content (AvgIpc) is 2.34. The molecule has 0 aliphatic rings. The smallest absolute Gasteiger partial charge is 0.135 e. The quantitative estimate of drug-likeness (QED) is 0.493. The van der Waals surface area contributed by atoms with Crippen molar-refractivity contribution < 1.29 is 14.0 Å². The molecule has 1 aromatic heterocycles. The summed E-state index contributed by atoms with van der Waals surface area (Å²) in [6.07, 6.45) is 2.98. The van der Waals surface area contributed by atoms with Crippen LogP contribution in [0.3, 0.4) is 0 Å². The van der Waals surface area contributed by atoms with Crippen LogP contribution in [0.1, 0.15) is 11.1 Å². The Morgan fingerprint density at radius 2 is 1.82 bits per heavy atom. The summed E-state index contributed by atoms with van der Waals surface area (Å²) in [6.45, 7) is 0. The van der Waals surface area contributed by atoms with E-state index in [9.17, 15) is 8.78 Å². The van der Waals surface area contributed by atoms with Crippen LogP contribution in [-0.4, -0.2) is 15.9 Å². The zero-order chi connectivity index (χ0) is 12.3. The van der Waals surface area contributed by atoms with E-state index in [1.165, 1.54) is 18.5 Å². The summed E-state index contributed by atoms with van der Waals surface area (Å²) in [6, 6.07) is 6.20. The molecule has 0 unspecified atom stereocenters. The lowest BCUT2D eigenvalue weighted by molar-refractivity contribution is 0.319. The fraction of sp³-hybridized carbons (Fsp3) is 0. The molecule has 0 saturated carbocycles. The Kier molecular flexibility index (Phi) is 3.09. The summed E-state index contributed by atoms with van der Waals surface area (Å²) in [5, 5.41) is 12.0. The predicted molar refractivity (Wildman–Crippen MR) is 58.0 cm³/mol. The average molecular weight is 234 g/mol. The third-order valence-electron chi connectivity index (χ3n) is 2.24. The highest BCUT2D eigenvalue weighted by Gasteiger charge is 2.13. The van der Waals surface area contributed by atoms with Gasteiger partial charge < -0.3 is 5.21 Å². The van der Waals surface area contributed by atoms with Crippen molar-refractivity contribution >= 4 is 5.71 Å². The van der Waals surface area contributed by atoms with Gasteiger partial charge >= 0.3 is 0 Å². The molecule has 3 nitrogen and oxygen atoms in total. The van der Waals surface area contributed by atoms with Crippen LogP contribution in [0.15, 0.2) is 47.9 Å². The molecule has 0 bridgehead atoms. The fourth-order valence-corrected chi connectivity index (χ4v) is 1.46. The van der Waals surface area contributed by atoms with Crippen molar-refractivity contribution in [1.29, 1.82) is 0 Å². The van der Waals surface area contributed by atoms with Crippen molar-refractivity contribution in [1.82, 2.24) is 4.98 Å². The molecule has 0 spiro atoms. The van der Waals surface area contributed by atoms with Crippen molar-refractivity contribution in [3.05, 3.63) is 65.5 Å². The van der Waals surface area contributed by atoms with E-state index in [1.54, 1.807) is 12.1 Å². The summed E-state index contributed by atoms with van der Waals surface area (Å²) < 4.78 is 26.3. The molecule has 0 radical (unpaired) electrons. The van der Waals surface area contributed by atoms with Crippen LogP contribution >= 0.6 is 0 Å². The molecule has 0 atom stereocenters. The number of benzene rings is 1. The van der Waals surface area contributed by atoms with Crippen LogP contribution < -0.4 is 0 Å². The second kappa shape index (κ2) is 4.69. The minimum atomic E-state index is -0.783. The molecule has 0 fully saturated rings. The second-order valence-electron chi connectivity index (χ2n) is 3.31. The number of rotatable bonds is 2. The predicted octanol–water partition coefficient (Wildman–Crippen LogP) is 2.59. The normalized spacial score (nSPS) is 11.5. The van der Waals surface area contributed by atoms with E-state index in [2.05, 4.69) is 10.1 Å². The van der Waals surface area contributed by atoms with Gasteiger partial charge in [-0.05, 0) is 24.3 Å². The molecule has 0 aliphatic carbocycles. The molecule has 0 saturated heterocycles. The third kappa shape index (κ3) is 2.28. The number of nitrogens with zero attached hydrogens (tertiary/aromatic N) is 2. The Morgan fingerprint density at radius 3 is 2.41 bits per heavy atom. The molecule has 1 aromatic carbocycles. The monoisotopic (exact) mass is 234 g/mol. The molecule has 0 amide bonds. The van der Waals surface area contributed by atoms with E-state index in [0.29, 0.717) is 5.56 Å². The number of halogens is 2. The Hall–Kier alpha value is -2.30. The molecule has 0 aliphatic heterocycles. The van der Waals surface area contributed by atoms with Gasteiger partial charge in [-0.25, -0.2) is 8.78 Å². The highest BCUT2D eigenvalue weighted by molar-refractivity contribution is 6.12. The minimum Gasteiger partial charge on any atom is -0.410 e.